The maximum Gasteiger partial charge on any atom is 0.256 e. The van der Waals surface area contributed by atoms with Crippen LogP contribution in [0.15, 0.2) is 28.2 Å². The lowest BCUT2D eigenvalue weighted by Gasteiger charge is -2.01. The van der Waals surface area contributed by atoms with Gasteiger partial charge in [-0.25, -0.2) is 9.97 Å². The number of oxazole rings is 1. The van der Waals surface area contributed by atoms with Crippen LogP contribution < -0.4 is 0 Å². The highest BCUT2D eigenvalue weighted by atomic mass is 35.5. The average Bonchev–Trinajstić information content (AvgIpc) is 2.63. The Hall–Kier alpha value is -0.710. The molecule has 6 heteroatoms. The SMILES string of the molecule is Cc1coc(SCc2cnc(Cl)cc2Cl)n1. The molecule has 0 saturated carbocycles. The summed E-state index contributed by atoms with van der Waals surface area (Å²) in [7, 11) is 0. The molecule has 0 aliphatic carbocycles. The highest BCUT2D eigenvalue weighted by Gasteiger charge is 2.06. The van der Waals surface area contributed by atoms with Crippen LogP contribution in [0.25, 0.3) is 0 Å². The molecule has 2 rings (SSSR count). The van der Waals surface area contributed by atoms with Gasteiger partial charge in [0, 0.05) is 17.0 Å². The molecule has 2 aromatic rings. The second kappa shape index (κ2) is 5.08. The van der Waals surface area contributed by atoms with Crippen molar-refractivity contribution in [1.29, 1.82) is 0 Å². The standard InChI is InChI=1S/C10H8Cl2N2OS/c1-6-4-15-10(14-6)16-5-7-3-13-9(12)2-8(7)11/h2-4H,5H2,1H3. The number of hydrogen-bond donors (Lipinski definition) is 0. The van der Waals surface area contributed by atoms with Crippen molar-refractivity contribution in [2.75, 3.05) is 0 Å². The first-order valence-electron chi connectivity index (χ1n) is 4.50. The molecular formula is C10H8Cl2N2OS. The van der Waals surface area contributed by atoms with Gasteiger partial charge in [0.15, 0.2) is 0 Å². The molecule has 84 valence electrons. The summed E-state index contributed by atoms with van der Waals surface area (Å²) < 4.78 is 5.21. The van der Waals surface area contributed by atoms with E-state index < -0.39 is 0 Å². The molecular weight excluding hydrogens is 267 g/mol. The Kier molecular flexibility index (Phi) is 3.74. The summed E-state index contributed by atoms with van der Waals surface area (Å²) in [4.78, 5) is 8.15. The number of aryl methyl sites for hydroxylation is 1. The molecule has 0 aliphatic heterocycles. The van der Waals surface area contributed by atoms with Crippen LogP contribution >= 0.6 is 35.0 Å². The summed E-state index contributed by atoms with van der Waals surface area (Å²) in [5.74, 6) is 0.656. The molecule has 16 heavy (non-hydrogen) atoms. The highest BCUT2D eigenvalue weighted by molar-refractivity contribution is 7.98. The molecule has 0 atom stereocenters. The zero-order valence-electron chi connectivity index (χ0n) is 8.41. The fourth-order valence-electron chi connectivity index (χ4n) is 1.08. The van der Waals surface area contributed by atoms with Gasteiger partial charge in [-0.05, 0) is 18.6 Å². The minimum absolute atomic E-state index is 0.394. The van der Waals surface area contributed by atoms with Crippen LogP contribution in [-0.2, 0) is 5.75 Å². The summed E-state index contributed by atoms with van der Waals surface area (Å²) in [5, 5.41) is 1.63. The molecule has 2 aromatic heterocycles. The van der Waals surface area contributed by atoms with E-state index in [2.05, 4.69) is 9.97 Å². The van der Waals surface area contributed by atoms with E-state index in [0.29, 0.717) is 21.2 Å². The van der Waals surface area contributed by atoms with E-state index >= 15 is 0 Å². The minimum Gasteiger partial charge on any atom is -0.440 e. The van der Waals surface area contributed by atoms with Crippen molar-refractivity contribution >= 4 is 35.0 Å². The molecule has 3 nitrogen and oxygen atoms in total. The van der Waals surface area contributed by atoms with E-state index in [1.165, 1.54) is 11.8 Å². The third-order valence-corrected chi connectivity index (χ3v) is 3.29. The summed E-state index contributed by atoms with van der Waals surface area (Å²) in [5.41, 5.74) is 1.77. The van der Waals surface area contributed by atoms with Crippen molar-refractivity contribution in [3.63, 3.8) is 0 Å². The van der Waals surface area contributed by atoms with Crippen molar-refractivity contribution in [3.05, 3.63) is 40.0 Å². The van der Waals surface area contributed by atoms with Crippen LogP contribution in [0, 0.1) is 6.92 Å². The van der Waals surface area contributed by atoms with Crippen LogP contribution in [-0.4, -0.2) is 9.97 Å². The van der Waals surface area contributed by atoms with Gasteiger partial charge in [-0.1, -0.05) is 35.0 Å². The Morgan fingerprint density at radius 3 is 2.88 bits per heavy atom. The van der Waals surface area contributed by atoms with Crippen LogP contribution in [0.5, 0.6) is 0 Å². The lowest BCUT2D eigenvalue weighted by molar-refractivity contribution is 0.454. The Morgan fingerprint density at radius 2 is 2.25 bits per heavy atom. The van der Waals surface area contributed by atoms with Crippen LogP contribution in [0.4, 0.5) is 0 Å². The Balaban J connectivity index is 2.04. The molecule has 0 saturated heterocycles. The van der Waals surface area contributed by atoms with Gasteiger partial charge in [0.2, 0.25) is 0 Å². The number of thioether (sulfide) groups is 1. The van der Waals surface area contributed by atoms with Crippen molar-refractivity contribution in [2.45, 2.75) is 17.9 Å². The summed E-state index contributed by atoms with van der Waals surface area (Å²) in [6, 6.07) is 1.62. The van der Waals surface area contributed by atoms with E-state index in [4.69, 9.17) is 27.6 Å². The van der Waals surface area contributed by atoms with E-state index in [1.54, 1.807) is 18.5 Å². The van der Waals surface area contributed by atoms with E-state index in [0.717, 1.165) is 11.3 Å². The van der Waals surface area contributed by atoms with Crippen LogP contribution in [0.2, 0.25) is 10.2 Å². The molecule has 0 fully saturated rings. The first-order chi connectivity index (χ1) is 7.65. The maximum absolute atomic E-state index is 6.01. The van der Waals surface area contributed by atoms with Crippen LogP contribution in [0.1, 0.15) is 11.3 Å². The van der Waals surface area contributed by atoms with Gasteiger partial charge in [0.05, 0.1) is 5.69 Å². The molecule has 0 unspecified atom stereocenters. The van der Waals surface area contributed by atoms with Crippen LogP contribution in [0.3, 0.4) is 0 Å². The molecule has 0 aliphatic rings. The lowest BCUT2D eigenvalue weighted by atomic mass is 10.3. The predicted molar refractivity (Wildman–Crippen MR) is 65.1 cm³/mol. The predicted octanol–water partition coefficient (Wildman–Crippen LogP) is 3.98. The summed E-state index contributed by atoms with van der Waals surface area (Å²) in [6.45, 7) is 1.88. The monoisotopic (exact) mass is 274 g/mol. The fraction of sp³-hybridized carbons (Fsp3) is 0.200. The van der Waals surface area contributed by atoms with Crippen molar-refractivity contribution < 1.29 is 4.42 Å². The van der Waals surface area contributed by atoms with Gasteiger partial charge in [-0.2, -0.15) is 0 Å². The third kappa shape index (κ3) is 2.90. The largest absolute Gasteiger partial charge is 0.440 e. The van der Waals surface area contributed by atoms with Gasteiger partial charge in [0.25, 0.3) is 5.22 Å². The first kappa shape index (κ1) is 11.8. The number of pyridine rings is 1. The van der Waals surface area contributed by atoms with Crippen molar-refractivity contribution in [1.82, 2.24) is 9.97 Å². The second-order valence-electron chi connectivity index (χ2n) is 3.14. The summed E-state index contributed by atoms with van der Waals surface area (Å²) in [6.07, 6.45) is 3.28. The Morgan fingerprint density at radius 1 is 1.44 bits per heavy atom. The number of aromatic nitrogens is 2. The first-order valence-corrected chi connectivity index (χ1v) is 6.24. The van der Waals surface area contributed by atoms with Gasteiger partial charge < -0.3 is 4.42 Å². The maximum atomic E-state index is 6.01. The van der Waals surface area contributed by atoms with E-state index in [1.807, 2.05) is 6.92 Å². The van der Waals surface area contributed by atoms with Crippen molar-refractivity contribution in [2.24, 2.45) is 0 Å². The molecule has 0 spiro atoms. The number of nitrogens with zero attached hydrogens (tertiary/aromatic N) is 2. The molecule has 0 N–H and O–H groups in total. The zero-order chi connectivity index (χ0) is 11.5. The highest BCUT2D eigenvalue weighted by Crippen LogP contribution is 2.26. The number of halogens is 2. The molecule has 2 heterocycles. The number of hydrogen-bond acceptors (Lipinski definition) is 4. The summed E-state index contributed by atoms with van der Waals surface area (Å²) >= 11 is 13.2. The van der Waals surface area contributed by atoms with E-state index in [-0.39, 0.29) is 0 Å². The van der Waals surface area contributed by atoms with Gasteiger partial charge in [-0.3, -0.25) is 0 Å². The normalized spacial score (nSPS) is 10.7. The fourth-order valence-corrected chi connectivity index (χ4v) is 2.43. The molecule has 0 aromatic carbocycles. The topological polar surface area (TPSA) is 38.9 Å². The van der Waals surface area contributed by atoms with Gasteiger partial charge >= 0.3 is 0 Å². The van der Waals surface area contributed by atoms with Gasteiger partial charge in [-0.15, -0.1) is 0 Å². The molecule has 0 amide bonds. The van der Waals surface area contributed by atoms with Gasteiger partial charge in [0.1, 0.15) is 11.4 Å². The average molecular weight is 275 g/mol. The van der Waals surface area contributed by atoms with Crippen molar-refractivity contribution in [3.8, 4) is 0 Å². The second-order valence-corrected chi connectivity index (χ2v) is 4.86. The Labute approximate surface area is 107 Å². The minimum atomic E-state index is 0.394. The zero-order valence-corrected chi connectivity index (χ0v) is 10.7. The third-order valence-electron chi connectivity index (χ3n) is 1.85. The smallest absolute Gasteiger partial charge is 0.256 e. The number of rotatable bonds is 3. The quantitative estimate of drug-likeness (QED) is 0.627. The molecule has 0 radical (unpaired) electrons. The van der Waals surface area contributed by atoms with E-state index in [9.17, 15) is 0 Å². The molecule has 0 bridgehead atoms. The lowest BCUT2D eigenvalue weighted by Crippen LogP contribution is -1.86. The Bertz CT molecular complexity index is 501.